The van der Waals surface area contributed by atoms with E-state index < -0.39 is 11.2 Å². The third-order valence-corrected chi connectivity index (χ3v) is 3.47. The summed E-state index contributed by atoms with van der Waals surface area (Å²) in [6, 6.07) is 7.48. The van der Waals surface area contributed by atoms with Gasteiger partial charge in [-0.15, -0.1) is 0 Å². The lowest BCUT2D eigenvalue weighted by Gasteiger charge is -2.07. The minimum atomic E-state index is -0.821. The standard InChI is InChI=1S/C11H11NO3S/c1-15-8-5-3-2-4-7(8)10-12-6-9(16-10)11(13)14/h2-5,9H,6H2,1H3,(H,13,14). The molecule has 84 valence electrons. The van der Waals surface area contributed by atoms with Gasteiger partial charge in [-0.05, 0) is 12.1 Å². The number of rotatable bonds is 3. The monoisotopic (exact) mass is 237 g/mol. The number of methoxy groups -OCH3 is 1. The molecule has 0 amide bonds. The molecule has 1 atom stereocenters. The predicted octanol–water partition coefficient (Wildman–Crippen LogP) is 1.64. The first kappa shape index (κ1) is 11.0. The normalized spacial score (nSPS) is 19.3. The number of ether oxygens (including phenoxy) is 1. The van der Waals surface area contributed by atoms with Gasteiger partial charge in [-0.1, -0.05) is 23.9 Å². The van der Waals surface area contributed by atoms with Crippen LogP contribution in [0.2, 0.25) is 0 Å². The SMILES string of the molecule is COc1ccccc1C1=NCC(C(=O)O)S1. The van der Waals surface area contributed by atoms with Crippen LogP contribution in [0.3, 0.4) is 0 Å². The smallest absolute Gasteiger partial charge is 0.318 e. The highest BCUT2D eigenvalue weighted by molar-refractivity contribution is 8.15. The Labute approximate surface area is 97.3 Å². The minimum Gasteiger partial charge on any atom is -0.496 e. The van der Waals surface area contributed by atoms with Gasteiger partial charge < -0.3 is 9.84 Å². The Morgan fingerprint density at radius 2 is 2.31 bits per heavy atom. The topological polar surface area (TPSA) is 58.9 Å². The van der Waals surface area contributed by atoms with Crippen molar-refractivity contribution in [1.29, 1.82) is 0 Å². The summed E-state index contributed by atoms with van der Waals surface area (Å²) in [6.07, 6.45) is 0. The van der Waals surface area contributed by atoms with Crippen LogP contribution in [-0.2, 0) is 4.79 Å². The zero-order chi connectivity index (χ0) is 11.5. The minimum absolute atomic E-state index is 0.327. The zero-order valence-electron chi connectivity index (χ0n) is 8.71. The Morgan fingerprint density at radius 3 is 2.94 bits per heavy atom. The van der Waals surface area contributed by atoms with E-state index in [2.05, 4.69) is 4.99 Å². The molecule has 1 N–H and O–H groups in total. The zero-order valence-corrected chi connectivity index (χ0v) is 9.53. The fourth-order valence-corrected chi connectivity index (χ4v) is 2.44. The summed E-state index contributed by atoms with van der Waals surface area (Å²) in [6.45, 7) is 0.327. The van der Waals surface area contributed by atoms with Gasteiger partial charge in [0, 0.05) is 5.56 Å². The average molecular weight is 237 g/mol. The molecule has 0 saturated carbocycles. The van der Waals surface area contributed by atoms with Gasteiger partial charge in [0.25, 0.3) is 0 Å². The molecular formula is C11H11NO3S. The molecule has 0 aliphatic carbocycles. The van der Waals surface area contributed by atoms with Crippen LogP contribution in [-0.4, -0.2) is 35.0 Å². The molecule has 0 aromatic heterocycles. The van der Waals surface area contributed by atoms with E-state index in [1.54, 1.807) is 7.11 Å². The van der Waals surface area contributed by atoms with Crippen molar-refractivity contribution < 1.29 is 14.6 Å². The van der Waals surface area contributed by atoms with Crippen molar-refractivity contribution in [2.24, 2.45) is 4.99 Å². The van der Waals surface area contributed by atoms with Crippen molar-refractivity contribution in [3.05, 3.63) is 29.8 Å². The van der Waals surface area contributed by atoms with Gasteiger partial charge in [0.05, 0.1) is 13.7 Å². The highest BCUT2D eigenvalue weighted by Gasteiger charge is 2.27. The molecule has 1 unspecified atom stereocenters. The van der Waals surface area contributed by atoms with E-state index in [0.29, 0.717) is 6.54 Å². The first-order valence-electron chi connectivity index (χ1n) is 4.79. The fraction of sp³-hybridized carbons (Fsp3) is 0.273. The summed E-state index contributed by atoms with van der Waals surface area (Å²) < 4.78 is 5.21. The van der Waals surface area contributed by atoms with E-state index in [1.165, 1.54) is 11.8 Å². The number of hydrogen-bond donors (Lipinski definition) is 1. The fourth-order valence-electron chi connectivity index (χ4n) is 1.47. The van der Waals surface area contributed by atoms with Crippen LogP contribution < -0.4 is 4.74 Å². The molecular weight excluding hydrogens is 226 g/mol. The van der Waals surface area contributed by atoms with E-state index >= 15 is 0 Å². The number of aliphatic imine (C=N–C) groups is 1. The second kappa shape index (κ2) is 4.57. The molecule has 0 fully saturated rings. The molecule has 4 nitrogen and oxygen atoms in total. The molecule has 1 aromatic rings. The molecule has 5 heteroatoms. The Kier molecular flexibility index (Phi) is 3.14. The van der Waals surface area contributed by atoms with Crippen LogP contribution in [0.5, 0.6) is 5.75 Å². The van der Waals surface area contributed by atoms with Crippen LogP contribution in [0.1, 0.15) is 5.56 Å². The molecule has 1 heterocycles. The number of carboxylic acids is 1. The molecule has 0 saturated heterocycles. The number of aliphatic carboxylic acids is 1. The van der Waals surface area contributed by atoms with Crippen LogP contribution in [0.4, 0.5) is 0 Å². The Bertz CT molecular complexity index is 445. The summed E-state index contributed by atoms with van der Waals surface area (Å²) in [7, 11) is 1.59. The Balaban J connectivity index is 2.23. The number of carboxylic acid groups (broad SMARTS) is 1. The van der Waals surface area contributed by atoms with Crippen molar-refractivity contribution in [1.82, 2.24) is 0 Å². The van der Waals surface area contributed by atoms with Crippen LogP contribution >= 0.6 is 11.8 Å². The summed E-state index contributed by atoms with van der Waals surface area (Å²) in [5.74, 6) is -0.0987. The van der Waals surface area contributed by atoms with Crippen molar-refractivity contribution >= 4 is 22.8 Å². The number of carbonyl (C=O) groups is 1. The average Bonchev–Trinajstić information content (AvgIpc) is 2.78. The second-order valence-electron chi connectivity index (χ2n) is 3.29. The summed E-state index contributed by atoms with van der Waals surface area (Å²) in [4.78, 5) is 15.0. The van der Waals surface area contributed by atoms with Crippen molar-refractivity contribution in [2.45, 2.75) is 5.25 Å². The van der Waals surface area contributed by atoms with E-state index in [4.69, 9.17) is 9.84 Å². The lowest BCUT2D eigenvalue weighted by molar-refractivity contribution is -0.136. The molecule has 16 heavy (non-hydrogen) atoms. The number of hydrogen-bond acceptors (Lipinski definition) is 4. The van der Waals surface area contributed by atoms with E-state index in [9.17, 15) is 4.79 Å². The van der Waals surface area contributed by atoms with Crippen LogP contribution in [0.25, 0.3) is 0 Å². The van der Waals surface area contributed by atoms with Gasteiger partial charge in [-0.25, -0.2) is 0 Å². The number of para-hydroxylation sites is 1. The number of benzene rings is 1. The summed E-state index contributed by atoms with van der Waals surface area (Å²) >= 11 is 1.27. The second-order valence-corrected chi connectivity index (χ2v) is 4.48. The first-order chi connectivity index (χ1) is 7.72. The molecule has 0 bridgehead atoms. The number of thioether (sulfide) groups is 1. The third-order valence-electron chi connectivity index (χ3n) is 2.27. The molecule has 1 aliphatic heterocycles. The number of nitrogens with zero attached hydrogens (tertiary/aromatic N) is 1. The maximum atomic E-state index is 10.8. The maximum Gasteiger partial charge on any atom is 0.318 e. The van der Waals surface area contributed by atoms with E-state index in [-0.39, 0.29) is 0 Å². The largest absolute Gasteiger partial charge is 0.496 e. The lowest BCUT2D eigenvalue weighted by Crippen LogP contribution is -2.16. The quantitative estimate of drug-likeness (QED) is 0.868. The molecule has 2 rings (SSSR count). The first-order valence-corrected chi connectivity index (χ1v) is 5.67. The van der Waals surface area contributed by atoms with Gasteiger partial charge in [0.15, 0.2) is 0 Å². The van der Waals surface area contributed by atoms with Gasteiger partial charge >= 0.3 is 5.97 Å². The molecule has 1 aliphatic rings. The van der Waals surface area contributed by atoms with Crippen LogP contribution in [0, 0.1) is 0 Å². The maximum absolute atomic E-state index is 10.8. The molecule has 1 aromatic carbocycles. The Morgan fingerprint density at radius 1 is 1.56 bits per heavy atom. The highest BCUT2D eigenvalue weighted by Crippen LogP contribution is 2.30. The Hall–Kier alpha value is -1.49. The van der Waals surface area contributed by atoms with Gasteiger partial charge in [-0.3, -0.25) is 9.79 Å². The van der Waals surface area contributed by atoms with E-state index in [0.717, 1.165) is 16.4 Å². The summed E-state index contributed by atoms with van der Waals surface area (Å²) in [5, 5.41) is 9.15. The van der Waals surface area contributed by atoms with Crippen molar-refractivity contribution in [3.63, 3.8) is 0 Å². The third kappa shape index (κ3) is 2.04. The summed E-state index contributed by atoms with van der Waals surface area (Å²) in [5.41, 5.74) is 0.860. The van der Waals surface area contributed by atoms with Gasteiger partial charge in [0.1, 0.15) is 16.0 Å². The van der Waals surface area contributed by atoms with Gasteiger partial charge in [-0.2, -0.15) is 0 Å². The van der Waals surface area contributed by atoms with Crippen molar-refractivity contribution in [2.75, 3.05) is 13.7 Å². The van der Waals surface area contributed by atoms with Crippen LogP contribution in [0.15, 0.2) is 29.3 Å². The van der Waals surface area contributed by atoms with Gasteiger partial charge in [0.2, 0.25) is 0 Å². The van der Waals surface area contributed by atoms with Crippen molar-refractivity contribution in [3.8, 4) is 5.75 Å². The highest BCUT2D eigenvalue weighted by atomic mass is 32.2. The lowest BCUT2D eigenvalue weighted by atomic mass is 10.2. The van der Waals surface area contributed by atoms with E-state index in [1.807, 2.05) is 24.3 Å². The molecule has 0 radical (unpaired) electrons. The molecule has 0 spiro atoms. The predicted molar refractivity (Wildman–Crippen MR) is 63.4 cm³/mol.